The highest BCUT2D eigenvalue weighted by atomic mass is 16.2. The number of nitrogens with one attached hydrogen (secondary N) is 1. The summed E-state index contributed by atoms with van der Waals surface area (Å²) in [5, 5.41) is 9.15. The lowest BCUT2D eigenvalue weighted by Crippen LogP contribution is -2.41. The van der Waals surface area contributed by atoms with Gasteiger partial charge in [-0.25, -0.2) is 19.2 Å². The Balaban J connectivity index is 1.46. The van der Waals surface area contributed by atoms with E-state index in [0.29, 0.717) is 24.5 Å². The van der Waals surface area contributed by atoms with Crippen LogP contribution in [0.4, 0.5) is 0 Å². The van der Waals surface area contributed by atoms with Crippen LogP contribution in [-0.2, 0) is 6.42 Å². The summed E-state index contributed by atoms with van der Waals surface area (Å²) >= 11 is 0. The molecule has 0 fully saturated rings. The number of pyridine rings is 2. The Hall–Kier alpha value is -4.27. The molecule has 6 heterocycles. The summed E-state index contributed by atoms with van der Waals surface area (Å²) in [4.78, 5) is 27.8. The molecule has 0 unspecified atom stereocenters. The summed E-state index contributed by atoms with van der Waals surface area (Å²) in [5.74, 6) is 0.457. The van der Waals surface area contributed by atoms with Gasteiger partial charge < -0.3 is 9.88 Å². The molecule has 1 N–H and O–H groups in total. The minimum atomic E-state index is -0.399. The van der Waals surface area contributed by atoms with Crippen LogP contribution in [-0.4, -0.2) is 51.7 Å². The lowest BCUT2D eigenvalue weighted by atomic mass is 9.99. The zero-order chi connectivity index (χ0) is 21.7. The molecule has 0 radical (unpaired) electrons. The first-order chi connectivity index (χ1) is 15.7. The van der Waals surface area contributed by atoms with Crippen molar-refractivity contribution in [2.45, 2.75) is 19.4 Å². The van der Waals surface area contributed by atoms with Gasteiger partial charge in [0.1, 0.15) is 11.7 Å². The fourth-order valence-corrected chi connectivity index (χ4v) is 4.38. The van der Waals surface area contributed by atoms with Crippen molar-refractivity contribution in [2.75, 3.05) is 6.54 Å². The number of aryl methyl sites for hydroxylation is 1. The van der Waals surface area contributed by atoms with Gasteiger partial charge in [-0.05, 0) is 42.8 Å². The van der Waals surface area contributed by atoms with Gasteiger partial charge in [-0.15, -0.1) is 0 Å². The second kappa shape index (κ2) is 7.16. The van der Waals surface area contributed by atoms with E-state index in [1.165, 1.54) is 0 Å². The molecule has 1 aliphatic rings. The number of nitrogens with zero attached hydrogens (tertiary/aromatic N) is 7. The molecular weight excluding hydrogens is 404 g/mol. The highest BCUT2D eigenvalue weighted by Gasteiger charge is 2.37. The molecule has 0 saturated heterocycles. The fourth-order valence-electron chi connectivity index (χ4n) is 4.38. The molecule has 158 valence electrons. The maximum absolute atomic E-state index is 13.8. The number of amides is 1. The van der Waals surface area contributed by atoms with E-state index in [0.717, 1.165) is 28.2 Å². The maximum Gasteiger partial charge on any atom is 0.273 e. The first kappa shape index (κ1) is 18.5. The first-order valence-electron chi connectivity index (χ1n) is 10.4. The van der Waals surface area contributed by atoms with Crippen LogP contribution in [0.5, 0.6) is 0 Å². The second-order valence-corrected chi connectivity index (χ2v) is 7.82. The van der Waals surface area contributed by atoms with Crippen molar-refractivity contribution in [3.63, 3.8) is 0 Å². The molecule has 0 spiro atoms. The molecule has 32 heavy (non-hydrogen) atoms. The van der Waals surface area contributed by atoms with Crippen molar-refractivity contribution in [3.05, 3.63) is 95.7 Å². The van der Waals surface area contributed by atoms with Crippen molar-refractivity contribution < 1.29 is 4.79 Å². The second-order valence-electron chi connectivity index (χ2n) is 7.82. The third kappa shape index (κ3) is 2.82. The Kier molecular flexibility index (Phi) is 4.14. The predicted octanol–water partition coefficient (Wildman–Crippen LogP) is 2.73. The van der Waals surface area contributed by atoms with E-state index in [4.69, 9.17) is 5.10 Å². The quantitative estimate of drug-likeness (QED) is 0.480. The van der Waals surface area contributed by atoms with E-state index in [1.807, 2.05) is 45.9 Å². The van der Waals surface area contributed by atoms with E-state index in [2.05, 4.69) is 33.0 Å². The Morgan fingerprint density at radius 2 is 2.06 bits per heavy atom. The SMILES string of the molecule is Cc1cccn2nc([C@@H]3c4nc[nH]c4CCN3C(=O)c3ccnn3-c3ccccn3)cc12. The largest absolute Gasteiger partial charge is 0.348 e. The lowest BCUT2D eigenvalue weighted by Gasteiger charge is -2.33. The summed E-state index contributed by atoms with van der Waals surface area (Å²) in [6.45, 7) is 2.59. The molecule has 1 aliphatic heterocycles. The smallest absolute Gasteiger partial charge is 0.273 e. The fraction of sp³-hybridized carbons (Fsp3) is 0.174. The van der Waals surface area contributed by atoms with Crippen LogP contribution < -0.4 is 0 Å². The van der Waals surface area contributed by atoms with E-state index in [9.17, 15) is 4.79 Å². The molecule has 1 atom stereocenters. The molecule has 5 aromatic heterocycles. The zero-order valence-corrected chi connectivity index (χ0v) is 17.4. The monoisotopic (exact) mass is 424 g/mol. The third-order valence-corrected chi connectivity index (χ3v) is 5.93. The Morgan fingerprint density at radius 1 is 1.12 bits per heavy atom. The number of carbonyl (C=O) groups excluding carboxylic acids is 1. The zero-order valence-electron chi connectivity index (χ0n) is 17.4. The van der Waals surface area contributed by atoms with Gasteiger partial charge in [-0.3, -0.25) is 4.79 Å². The Labute approximate surface area is 183 Å². The van der Waals surface area contributed by atoms with E-state index >= 15 is 0 Å². The van der Waals surface area contributed by atoms with Gasteiger partial charge in [0.15, 0.2) is 5.82 Å². The van der Waals surface area contributed by atoms with Gasteiger partial charge in [0.2, 0.25) is 0 Å². The Bertz CT molecular complexity index is 1430. The molecule has 9 heteroatoms. The molecule has 1 amide bonds. The minimum Gasteiger partial charge on any atom is -0.348 e. The average Bonchev–Trinajstić information content (AvgIpc) is 3.58. The lowest BCUT2D eigenvalue weighted by molar-refractivity contribution is 0.0677. The predicted molar refractivity (Wildman–Crippen MR) is 116 cm³/mol. The van der Waals surface area contributed by atoms with Crippen molar-refractivity contribution in [3.8, 4) is 5.82 Å². The maximum atomic E-state index is 13.8. The van der Waals surface area contributed by atoms with Crippen molar-refractivity contribution >= 4 is 11.4 Å². The van der Waals surface area contributed by atoms with Crippen LogP contribution in [0.2, 0.25) is 0 Å². The molecule has 0 bridgehead atoms. The average molecular weight is 424 g/mol. The summed E-state index contributed by atoms with van der Waals surface area (Å²) in [7, 11) is 0. The normalized spacial score (nSPS) is 15.8. The molecule has 9 nitrogen and oxygen atoms in total. The number of H-pyrrole nitrogens is 1. The number of carbonyl (C=O) groups is 1. The Morgan fingerprint density at radius 3 is 2.91 bits per heavy atom. The summed E-state index contributed by atoms with van der Waals surface area (Å²) in [5.41, 5.74) is 5.23. The van der Waals surface area contributed by atoms with Crippen molar-refractivity contribution in [1.29, 1.82) is 0 Å². The number of aromatic nitrogens is 7. The molecule has 0 aliphatic carbocycles. The third-order valence-electron chi connectivity index (χ3n) is 5.93. The summed E-state index contributed by atoms with van der Waals surface area (Å²) in [6, 6.07) is 12.9. The standard InChI is InChI=1S/C23H20N8O/c1-15-5-4-11-30-19(15)13-17(28-30)22-21-16(25-14-26-21)8-12-29(22)23(32)18-7-10-27-31(18)20-6-2-3-9-24-20/h2-7,9-11,13-14,22H,8,12H2,1H3,(H,25,26)/t22-/m1/s1. The molecule has 6 rings (SSSR count). The molecule has 5 aromatic rings. The number of hydrogen-bond acceptors (Lipinski definition) is 5. The number of aromatic amines is 1. The van der Waals surface area contributed by atoms with Gasteiger partial charge in [-0.1, -0.05) is 12.1 Å². The van der Waals surface area contributed by atoms with Gasteiger partial charge in [0.25, 0.3) is 5.91 Å². The number of rotatable bonds is 3. The summed E-state index contributed by atoms with van der Waals surface area (Å²) in [6.07, 6.45) is 7.61. The van der Waals surface area contributed by atoms with Crippen LogP contribution in [0.25, 0.3) is 11.3 Å². The van der Waals surface area contributed by atoms with Crippen LogP contribution in [0.15, 0.2) is 67.4 Å². The van der Waals surface area contributed by atoms with Crippen LogP contribution >= 0.6 is 0 Å². The minimum absolute atomic E-state index is 0.138. The topological polar surface area (TPSA) is 97.0 Å². The van der Waals surface area contributed by atoms with Crippen LogP contribution in [0, 0.1) is 6.92 Å². The van der Waals surface area contributed by atoms with Gasteiger partial charge in [0, 0.05) is 31.1 Å². The van der Waals surface area contributed by atoms with Gasteiger partial charge >= 0.3 is 0 Å². The number of imidazole rings is 1. The molecular formula is C23H20N8O. The number of fused-ring (bicyclic) bond motifs is 2. The molecule has 0 saturated carbocycles. The van der Waals surface area contributed by atoms with E-state index < -0.39 is 6.04 Å². The van der Waals surface area contributed by atoms with Crippen LogP contribution in [0.3, 0.4) is 0 Å². The van der Waals surface area contributed by atoms with Gasteiger partial charge in [0.05, 0.1) is 29.4 Å². The molecule has 0 aromatic carbocycles. The van der Waals surface area contributed by atoms with E-state index in [-0.39, 0.29) is 5.91 Å². The highest BCUT2D eigenvalue weighted by molar-refractivity contribution is 5.93. The first-order valence-corrected chi connectivity index (χ1v) is 10.4. The summed E-state index contributed by atoms with van der Waals surface area (Å²) < 4.78 is 3.43. The van der Waals surface area contributed by atoms with E-state index in [1.54, 1.807) is 29.5 Å². The van der Waals surface area contributed by atoms with Crippen LogP contribution in [0.1, 0.15) is 39.2 Å². The number of hydrogen-bond donors (Lipinski definition) is 1. The van der Waals surface area contributed by atoms with Crippen molar-refractivity contribution in [2.24, 2.45) is 0 Å². The van der Waals surface area contributed by atoms with Gasteiger partial charge in [-0.2, -0.15) is 10.2 Å². The van der Waals surface area contributed by atoms with Crippen molar-refractivity contribution in [1.82, 2.24) is 39.2 Å². The highest BCUT2D eigenvalue weighted by Crippen LogP contribution is 2.34.